The van der Waals surface area contributed by atoms with E-state index in [1.807, 2.05) is 6.92 Å². The van der Waals surface area contributed by atoms with E-state index in [0.717, 1.165) is 17.7 Å². The first-order valence-corrected chi connectivity index (χ1v) is 5.29. The number of nitrogens with zero attached hydrogens (tertiary/aromatic N) is 1. The molecule has 1 N–H and O–H groups in total. The Morgan fingerprint density at radius 1 is 1.11 bits per heavy atom. The standard InChI is InChI=1S/C13H11F3N2/c1-9-5-6-12(17)18(8-9)11-4-2-3-10(7-11)13(14,15)16/h2-8,17H,1H3. The molecule has 2 aromatic rings. The van der Waals surface area contributed by atoms with Crippen LogP contribution in [0.4, 0.5) is 13.2 Å². The van der Waals surface area contributed by atoms with Crippen LogP contribution >= 0.6 is 0 Å². The van der Waals surface area contributed by atoms with Crippen molar-refractivity contribution in [1.82, 2.24) is 4.57 Å². The lowest BCUT2D eigenvalue weighted by atomic mass is 10.2. The molecule has 2 nitrogen and oxygen atoms in total. The number of hydrogen-bond donors (Lipinski definition) is 1. The van der Waals surface area contributed by atoms with Gasteiger partial charge in [0.2, 0.25) is 0 Å². The first-order chi connectivity index (χ1) is 8.38. The van der Waals surface area contributed by atoms with Crippen molar-refractivity contribution in [3.05, 3.63) is 59.2 Å². The fraction of sp³-hybridized carbons (Fsp3) is 0.154. The minimum atomic E-state index is -4.37. The molecule has 0 fully saturated rings. The highest BCUT2D eigenvalue weighted by molar-refractivity contribution is 5.37. The minimum Gasteiger partial charge on any atom is -0.302 e. The maximum Gasteiger partial charge on any atom is 0.416 e. The highest BCUT2D eigenvalue weighted by Crippen LogP contribution is 2.30. The van der Waals surface area contributed by atoms with Crippen LogP contribution in [0.25, 0.3) is 5.69 Å². The molecule has 5 heteroatoms. The van der Waals surface area contributed by atoms with Gasteiger partial charge in [-0.3, -0.25) is 5.41 Å². The Morgan fingerprint density at radius 2 is 1.83 bits per heavy atom. The van der Waals surface area contributed by atoms with Crippen LogP contribution in [0.5, 0.6) is 0 Å². The van der Waals surface area contributed by atoms with Gasteiger partial charge in [0.05, 0.1) is 5.56 Å². The highest BCUT2D eigenvalue weighted by Gasteiger charge is 2.30. The summed E-state index contributed by atoms with van der Waals surface area (Å²) >= 11 is 0. The Balaban J connectivity index is 2.58. The number of aromatic nitrogens is 1. The van der Waals surface area contributed by atoms with Crippen LogP contribution in [0.2, 0.25) is 0 Å². The quantitative estimate of drug-likeness (QED) is 0.807. The van der Waals surface area contributed by atoms with E-state index in [9.17, 15) is 13.2 Å². The molecule has 0 aliphatic heterocycles. The molecule has 0 saturated heterocycles. The summed E-state index contributed by atoms with van der Waals surface area (Å²) < 4.78 is 39.2. The molecule has 0 aliphatic rings. The smallest absolute Gasteiger partial charge is 0.302 e. The van der Waals surface area contributed by atoms with Crippen molar-refractivity contribution < 1.29 is 13.2 Å². The predicted molar refractivity (Wildman–Crippen MR) is 61.4 cm³/mol. The lowest BCUT2D eigenvalue weighted by molar-refractivity contribution is -0.137. The maximum absolute atomic E-state index is 12.6. The van der Waals surface area contributed by atoms with Crippen LogP contribution < -0.4 is 5.49 Å². The summed E-state index contributed by atoms with van der Waals surface area (Å²) in [5.41, 5.74) is 0.635. The largest absolute Gasteiger partial charge is 0.416 e. The van der Waals surface area contributed by atoms with E-state index < -0.39 is 11.7 Å². The summed E-state index contributed by atoms with van der Waals surface area (Å²) in [5, 5.41) is 7.71. The summed E-state index contributed by atoms with van der Waals surface area (Å²) in [6, 6.07) is 8.24. The first-order valence-electron chi connectivity index (χ1n) is 5.29. The van der Waals surface area contributed by atoms with Gasteiger partial charge in [0, 0.05) is 11.9 Å². The number of nitrogens with one attached hydrogen (secondary N) is 1. The minimum absolute atomic E-state index is 0.139. The van der Waals surface area contributed by atoms with Crippen molar-refractivity contribution in [3.8, 4) is 5.69 Å². The van der Waals surface area contributed by atoms with E-state index in [0.29, 0.717) is 5.69 Å². The van der Waals surface area contributed by atoms with Crippen molar-refractivity contribution >= 4 is 0 Å². The van der Waals surface area contributed by atoms with Crippen molar-refractivity contribution in [3.63, 3.8) is 0 Å². The number of benzene rings is 1. The van der Waals surface area contributed by atoms with Crippen LogP contribution in [0.3, 0.4) is 0 Å². The Hall–Kier alpha value is -2.04. The highest BCUT2D eigenvalue weighted by atomic mass is 19.4. The van der Waals surface area contributed by atoms with Crippen LogP contribution in [-0.4, -0.2) is 4.57 Å². The summed E-state index contributed by atoms with van der Waals surface area (Å²) in [6.07, 6.45) is -2.74. The molecule has 0 saturated carbocycles. The van der Waals surface area contributed by atoms with Gasteiger partial charge in [0.25, 0.3) is 0 Å². The molecule has 2 rings (SSSR count). The molecular formula is C13H11F3N2. The fourth-order valence-corrected chi connectivity index (χ4v) is 1.65. The van der Waals surface area contributed by atoms with E-state index in [-0.39, 0.29) is 5.49 Å². The summed E-state index contributed by atoms with van der Waals surface area (Å²) in [6.45, 7) is 1.82. The third-order valence-corrected chi connectivity index (χ3v) is 2.55. The van der Waals surface area contributed by atoms with Gasteiger partial charge in [-0.2, -0.15) is 13.2 Å². The number of halogens is 3. The molecule has 0 amide bonds. The Kier molecular flexibility index (Phi) is 2.98. The van der Waals surface area contributed by atoms with Crippen molar-refractivity contribution in [1.29, 1.82) is 5.41 Å². The van der Waals surface area contributed by atoms with E-state index in [4.69, 9.17) is 5.41 Å². The van der Waals surface area contributed by atoms with Gasteiger partial charge in [-0.15, -0.1) is 0 Å². The number of aryl methyl sites for hydroxylation is 1. The Bertz CT molecular complexity index is 627. The number of alkyl halides is 3. The maximum atomic E-state index is 12.6. The zero-order valence-electron chi connectivity index (χ0n) is 9.62. The second-order valence-corrected chi connectivity index (χ2v) is 4.01. The van der Waals surface area contributed by atoms with E-state index in [1.165, 1.54) is 10.6 Å². The second-order valence-electron chi connectivity index (χ2n) is 4.01. The summed E-state index contributed by atoms with van der Waals surface area (Å²) in [4.78, 5) is 0. The molecule has 0 radical (unpaired) electrons. The van der Waals surface area contributed by atoms with Crippen LogP contribution in [-0.2, 0) is 6.18 Å². The lowest BCUT2D eigenvalue weighted by Crippen LogP contribution is -2.17. The lowest BCUT2D eigenvalue weighted by Gasteiger charge is -2.11. The molecule has 1 heterocycles. The zero-order valence-corrected chi connectivity index (χ0v) is 9.62. The fourth-order valence-electron chi connectivity index (χ4n) is 1.65. The molecule has 94 valence electrons. The van der Waals surface area contributed by atoms with Gasteiger partial charge in [0.15, 0.2) is 0 Å². The molecule has 0 bridgehead atoms. The van der Waals surface area contributed by atoms with E-state index >= 15 is 0 Å². The normalized spacial score (nSPS) is 11.6. The molecule has 0 atom stereocenters. The van der Waals surface area contributed by atoms with Crippen molar-refractivity contribution in [2.24, 2.45) is 0 Å². The SMILES string of the molecule is Cc1ccc(=N)n(-c2cccc(C(F)(F)F)c2)c1. The molecule has 0 spiro atoms. The third kappa shape index (κ3) is 2.45. The van der Waals surface area contributed by atoms with Crippen LogP contribution in [0.15, 0.2) is 42.6 Å². The van der Waals surface area contributed by atoms with Gasteiger partial charge in [0.1, 0.15) is 5.49 Å². The average Bonchev–Trinajstić information content (AvgIpc) is 2.31. The molecule has 18 heavy (non-hydrogen) atoms. The first kappa shape index (κ1) is 12.4. The molecular weight excluding hydrogens is 241 g/mol. The third-order valence-electron chi connectivity index (χ3n) is 2.55. The number of pyridine rings is 1. The van der Waals surface area contributed by atoms with Crippen molar-refractivity contribution in [2.75, 3.05) is 0 Å². The Morgan fingerprint density at radius 3 is 2.50 bits per heavy atom. The summed E-state index contributed by atoms with van der Waals surface area (Å²) in [5.74, 6) is 0. The zero-order chi connectivity index (χ0) is 13.3. The molecule has 0 aliphatic carbocycles. The van der Waals surface area contributed by atoms with Crippen LogP contribution in [0.1, 0.15) is 11.1 Å². The Labute approximate surface area is 102 Å². The number of hydrogen-bond acceptors (Lipinski definition) is 1. The molecule has 0 unspecified atom stereocenters. The van der Waals surface area contributed by atoms with E-state index in [1.54, 1.807) is 24.4 Å². The van der Waals surface area contributed by atoms with Crippen LogP contribution in [0, 0.1) is 12.3 Å². The van der Waals surface area contributed by atoms with Gasteiger partial charge in [-0.05, 0) is 36.8 Å². The molecule has 1 aromatic carbocycles. The van der Waals surface area contributed by atoms with Crippen molar-refractivity contribution in [2.45, 2.75) is 13.1 Å². The summed E-state index contributed by atoms with van der Waals surface area (Å²) in [7, 11) is 0. The van der Waals surface area contributed by atoms with E-state index in [2.05, 4.69) is 0 Å². The van der Waals surface area contributed by atoms with Gasteiger partial charge >= 0.3 is 6.18 Å². The second kappa shape index (κ2) is 4.33. The average molecular weight is 252 g/mol. The van der Waals surface area contributed by atoms with Gasteiger partial charge < -0.3 is 4.57 Å². The van der Waals surface area contributed by atoms with Gasteiger partial charge in [-0.25, -0.2) is 0 Å². The number of rotatable bonds is 1. The monoisotopic (exact) mass is 252 g/mol. The van der Waals surface area contributed by atoms with Gasteiger partial charge in [-0.1, -0.05) is 12.1 Å². The topological polar surface area (TPSA) is 28.8 Å². The molecule has 1 aromatic heterocycles. The predicted octanol–water partition coefficient (Wildman–Crippen LogP) is 3.28.